The molecule has 0 atom stereocenters. The maximum absolute atomic E-state index is 11.7. The quantitative estimate of drug-likeness (QED) is 0.677. The van der Waals surface area contributed by atoms with Gasteiger partial charge in [0.15, 0.2) is 12.4 Å². The Kier molecular flexibility index (Phi) is 4.35. The minimum atomic E-state index is -0.646. The number of nitrogen functional groups attached to an aromatic ring is 1. The van der Waals surface area contributed by atoms with E-state index in [9.17, 15) is 9.59 Å². The SMILES string of the molecule is CC(C)(C)C(=O)COC(=O)c1cc(Cl)ccc1N. The molecule has 4 nitrogen and oxygen atoms in total. The topological polar surface area (TPSA) is 69.4 Å². The monoisotopic (exact) mass is 269 g/mol. The Hall–Kier alpha value is -1.55. The van der Waals surface area contributed by atoms with Gasteiger partial charge in [-0.3, -0.25) is 4.79 Å². The number of hydrogen-bond donors (Lipinski definition) is 1. The minimum Gasteiger partial charge on any atom is -0.454 e. The number of ketones is 1. The zero-order chi connectivity index (χ0) is 13.9. The molecular weight excluding hydrogens is 254 g/mol. The molecule has 5 heteroatoms. The second-order valence-electron chi connectivity index (χ2n) is 4.98. The molecule has 1 rings (SSSR count). The molecular formula is C13H16ClNO3. The average Bonchev–Trinajstić information content (AvgIpc) is 2.27. The lowest BCUT2D eigenvalue weighted by Gasteiger charge is -2.16. The minimum absolute atomic E-state index is 0.156. The number of carbonyl (C=O) groups is 2. The Balaban J connectivity index is 2.72. The van der Waals surface area contributed by atoms with Crippen LogP contribution in [0, 0.1) is 5.41 Å². The first kappa shape index (κ1) is 14.5. The van der Waals surface area contributed by atoms with Crippen molar-refractivity contribution in [2.75, 3.05) is 12.3 Å². The zero-order valence-corrected chi connectivity index (χ0v) is 11.4. The molecule has 0 aliphatic rings. The largest absolute Gasteiger partial charge is 0.454 e. The van der Waals surface area contributed by atoms with E-state index in [-0.39, 0.29) is 23.6 Å². The van der Waals surface area contributed by atoms with Crippen LogP contribution in [-0.4, -0.2) is 18.4 Å². The fourth-order valence-corrected chi connectivity index (χ4v) is 1.30. The van der Waals surface area contributed by atoms with Gasteiger partial charge >= 0.3 is 5.97 Å². The number of nitrogens with two attached hydrogens (primary N) is 1. The highest BCUT2D eigenvalue weighted by molar-refractivity contribution is 6.31. The van der Waals surface area contributed by atoms with Gasteiger partial charge in [-0.25, -0.2) is 4.79 Å². The summed E-state index contributed by atoms with van der Waals surface area (Å²) in [4.78, 5) is 23.4. The predicted octanol–water partition coefficient (Wildman–Crippen LogP) is 2.69. The molecule has 2 N–H and O–H groups in total. The van der Waals surface area contributed by atoms with Crippen molar-refractivity contribution in [3.8, 4) is 0 Å². The van der Waals surface area contributed by atoms with Gasteiger partial charge in [-0.05, 0) is 18.2 Å². The Morgan fingerprint density at radius 2 is 1.94 bits per heavy atom. The summed E-state index contributed by atoms with van der Waals surface area (Å²) in [7, 11) is 0. The molecule has 1 aromatic carbocycles. The van der Waals surface area contributed by atoms with Crippen LogP contribution in [0.5, 0.6) is 0 Å². The molecule has 0 saturated heterocycles. The third-order valence-corrected chi connectivity index (χ3v) is 2.64. The number of hydrogen-bond acceptors (Lipinski definition) is 4. The lowest BCUT2D eigenvalue weighted by atomic mass is 9.91. The molecule has 0 saturated carbocycles. The fraction of sp³-hybridized carbons (Fsp3) is 0.385. The van der Waals surface area contributed by atoms with Crippen LogP contribution in [-0.2, 0) is 9.53 Å². The highest BCUT2D eigenvalue weighted by atomic mass is 35.5. The van der Waals surface area contributed by atoms with E-state index in [1.165, 1.54) is 12.1 Å². The first-order valence-electron chi connectivity index (χ1n) is 5.47. The van der Waals surface area contributed by atoms with Crippen molar-refractivity contribution in [1.82, 2.24) is 0 Å². The first-order chi connectivity index (χ1) is 8.21. The van der Waals surface area contributed by atoms with Crippen molar-refractivity contribution < 1.29 is 14.3 Å². The molecule has 1 aromatic rings. The first-order valence-corrected chi connectivity index (χ1v) is 5.85. The number of rotatable bonds is 3. The van der Waals surface area contributed by atoms with Crippen LogP contribution in [0.1, 0.15) is 31.1 Å². The van der Waals surface area contributed by atoms with Crippen LogP contribution in [0.3, 0.4) is 0 Å². The molecule has 0 aliphatic carbocycles. The van der Waals surface area contributed by atoms with Gasteiger partial charge in [0.25, 0.3) is 0 Å². The van der Waals surface area contributed by atoms with E-state index in [1.54, 1.807) is 26.8 Å². The third-order valence-electron chi connectivity index (χ3n) is 2.41. The van der Waals surface area contributed by atoms with Gasteiger partial charge in [-0.15, -0.1) is 0 Å². The molecule has 0 unspecified atom stereocenters. The molecule has 0 bridgehead atoms. The highest BCUT2D eigenvalue weighted by Crippen LogP contribution is 2.19. The Morgan fingerprint density at radius 1 is 1.33 bits per heavy atom. The second-order valence-corrected chi connectivity index (χ2v) is 5.42. The number of esters is 1. The van der Waals surface area contributed by atoms with Crippen LogP contribution < -0.4 is 5.73 Å². The highest BCUT2D eigenvalue weighted by Gasteiger charge is 2.23. The number of carbonyl (C=O) groups excluding carboxylic acids is 2. The lowest BCUT2D eigenvalue weighted by molar-refractivity contribution is -0.129. The molecule has 18 heavy (non-hydrogen) atoms. The Labute approximate surface area is 111 Å². The maximum atomic E-state index is 11.7. The van der Waals surface area contributed by atoms with Crippen LogP contribution >= 0.6 is 11.6 Å². The molecule has 0 aliphatic heterocycles. The maximum Gasteiger partial charge on any atom is 0.340 e. The van der Waals surface area contributed by atoms with Gasteiger partial charge in [-0.2, -0.15) is 0 Å². The summed E-state index contributed by atoms with van der Waals surface area (Å²) in [6.07, 6.45) is 0. The number of halogens is 1. The summed E-state index contributed by atoms with van der Waals surface area (Å²) in [5.41, 5.74) is 5.54. The van der Waals surface area contributed by atoms with Gasteiger partial charge in [-0.1, -0.05) is 32.4 Å². The van der Waals surface area contributed by atoms with E-state index >= 15 is 0 Å². The molecule has 0 heterocycles. The molecule has 0 radical (unpaired) electrons. The van der Waals surface area contributed by atoms with E-state index in [4.69, 9.17) is 22.1 Å². The van der Waals surface area contributed by atoms with Crippen LogP contribution in [0.2, 0.25) is 5.02 Å². The molecule has 98 valence electrons. The number of ether oxygens (including phenoxy) is 1. The zero-order valence-electron chi connectivity index (χ0n) is 10.6. The van der Waals surface area contributed by atoms with Crippen molar-refractivity contribution in [3.63, 3.8) is 0 Å². The van der Waals surface area contributed by atoms with Crippen molar-refractivity contribution in [1.29, 1.82) is 0 Å². The van der Waals surface area contributed by atoms with Gasteiger partial charge in [0.05, 0.1) is 5.56 Å². The summed E-state index contributed by atoms with van der Waals surface area (Å²) in [6, 6.07) is 4.51. The summed E-state index contributed by atoms with van der Waals surface area (Å²) in [6.45, 7) is 5.01. The number of Topliss-reactive ketones (excluding diaryl/α,β-unsaturated/α-hetero) is 1. The Morgan fingerprint density at radius 3 is 2.50 bits per heavy atom. The second kappa shape index (κ2) is 5.40. The summed E-state index contributed by atoms with van der Waals surface area (Å²) < 4.78 is 4.93. The normalized spacial score (nSPS) is 11.1. The third kappa shape index (κ3) is 3.74. The fourth-order valence-electron chi connectivity index (χ4n) is 1.13. The van der Waals surface area contributed by atoms with Crippen LogP contribution in [0.25, 0.3) is 0 Å². The summed E-state index contributed by atoms with van der Waals surface area (Å²) >= 11 is 5.77. The van der Waals surface area contributed by atoms with Gasteiger partial charge in [0, 0.05) is 16.1 Å². The molecule has 0 fully saturated rings. The predicted molar refractivity (Wildman–Crippen MR) is 70.6 cm³/mol. The van der Waals surface area contributed by atoms with Crippen molar-refractivity contribution in [3.05, 3.63) is 28.8 Å². The van der Waals surface area contributed by atoms with E-state index in [1.807, 2.05) is 0 Å². The van der Waals surface area contributed by atoms with E-state index in [0.29, 0.717) is 5.02 Å². The van der Waals surface area contributed by atoms with Crippen molar-refractivity contribution in [2.45, 2.75) is 20.8 Å². The smallest absolute Gasteiger partial charge is 0.340 e. The van der Waals surface area contributed by atoms with Crippen LogP contribution in [0.15, 0.2) is 18.2 Å². The molecule has 0 aromatic heterocycles. The average molecular weight is 270 g/mol. The standard InChI is InChI=1S/C13H16ClNO3/c1-13(2,3)11(16)7-18-12(17)9-6-8(14)4-5-10(9)15/h4-6H,7,15H2,1-3H3. The molecule has 0 amide bonds. The van der Waals surface area contributed by atoms with E-state index in [0.717, 1.165) is 0 Å². The van der Waals surface area contributed by atoms with Gasteiger partial charge in [0.2, 0.25) is 0 Å². The summed E-state index contributed by atoms with van der Waals surface area (Å²) in [5.74, 6) is -0.802. The van der Waals surface area contributed by atoms with E-state index < -0.39 is 11.4 Å². The number of anilines is 1. The van der Waals surface area contributed by atoms with Gasteiger partial charge < -0.3 is 10.5 Å². The van der Waals surface area contributed by atoms with Gasteiger partial charge in [0.1, 0.15) is 0 Å². The van der Waals surface area contributed by atoms with Crippen LogP contribution in [0.4, 0.5) is 5.69 Å². The Bertz CT molecular complexity index is 478. The van der Waals surface area contributed by atoms with E-state index in [2.05, 4.69) is 0 Å². The van der Waals surface area contributed by atoms with Crippen molar-refractivity contribution in [2.24, 2.45) is 5.41 Å². The molecule has 0 spiro atoms. The lowest BCUT2D eigenvalue weighted by Crippen LogP contribution is -2.26. The number of benzene rings is 1. The van der Waals surface area contributed by atoms with Crippen molar-refractivity contribution >= 4 is 29.0 Å². The summed E-state index contributed by atoms with van der Waals surface area (Å²) in [5, 5.41) is 0.387.